The summed E-state index contributed by atoms with van der Waals surface area (Å²) in [6, 6.07) is 20.6. The van der Waals surface area contributed by atoms with Crippen molar-refractivity contribution in [2.45, 2.75) is 19.9 Å². The molecule has 0 radical (unpaired) electrons. The molecule has 0 saturated heterocycles. The predicted octanol–water partition coefficient (Wildman–Crippen LogP) is 2.33. The van der Waals surface area contributed by atoms with Crippen LogP contribution in [-0.2, 0) is 11.8 Å². The van der Waals surface area contributed by atoms with Gasteiger partial charge in [-0.25, -0.2) is 0 Å². The molecule has 0 aliphatic carbocycles. The summed E-state index contributed by atoms with van der Waals surface area (Å²) in [6.07, 6.45) is 0. The molecule has 0 aliphatic rings. The molecule has 1 heterocycles. The minimum absolute atomic E-state index is 0.0268. The van der Waals surface area contributed by atoms with Gasteiger partial charge in [-0.05, 0) is 13.8 Å². The number of hydrogen-bond donors (Lipinski definition) is 2. The van der Waals surface area contributed by atoms with Crippen molar-refractivity contribution in [2.24, 2.45) is 7.05 Å². The lowest BCUT2D eigenvalue weighted by molar-refractivity contribution is -0.676. The van der Waals surface area contributed by atoms with E-state index in [4.69, 9.17) is 0 Å². The van der Waals surface area contributed by atoms with E-state index in [9.17, 15) is 4.79 Å². The van der Waals surface area contributed by atoms with Crippen LogP contribution in [0, 0.1) is 13.8 Å². The Balaban J connectivity index is 1.73. The predicted molar refractivity (Wildman–Crippen MR) is 103 cm³/mol. The molecule has 0 aliphatic heterocycles. The van der Waals surface area contributed by atoms with Crippen molar-refractivity contribution in [3.8, 4) is 0 Å². The van der Waals surface area contributed by atoms with Crippen LogP contribution in [0.3, 0.4) is 0 Å². The fraction of sp³-hybridized carbons (Fsp3) is 0.238. The molecule has 1 aromatic heterocycles. The number of carbonyl (C=O) groups excluding carboxylic acids is 1. The second kappa shape index (κ2) is 7.97. The third-order valence-corrected chi connectivity index (χ3v) is 4.63. The maximum absolute atomic E-state index is 12.5. The highest BCUT2D eigenvalue weighted by Crippen LogP contribution is 2.19. The first-order valence-corrected chi connectivity index (χ1v) is 8.79. The van der Waals surface area contributed by atoms with Crippen LogP contribution in [0.2, 0.25) is 0 Å². The highest BCUT2D eigenvalue weighted by atomic mass is 16.1. The number of benzene rings is 2. The Morgan fingerprint density at radius 3 is 2.04 bits per heavy atom. The number of quaternary nitrogens is 1. The number of rotatable bonds is 6. The minimum Gasteiger partial charge on any atom is -0.328 e. The van der Waals surface area contributed by atoms with E-state index in [0.717, 1.165) is 17.1 Å². The fourth-order valence-corrected chi connectivity index (χ4v) is 3.16. The number of aromatic nitrogens is 2. The van der Waals surface area contributed by atoms with E-state index in [2.05, 4.69) is 40.0 Å². The lowest BCUT2D eigenvalue weighted by Gasteiger charge is -2.16. The molecule has 26 heavy (non-hydrogen) atoms. The van der Waals surface area contributed by atoms with Gasteiger partial charge in [0.15, 0.2) is 6.54 Å². The summed E-state index contributed by atoms with van der Waals surface area (Å²) in [5.74, 6) is -0.0268. The van der Waals surface area contributed by atoms with Crippen molar-refractivity contribution in [1.29, 1.82) is 0 Å². The Kier molecular flexibility index (Phi) is 5.49. The summed E-state index contributed by atoms with van der Waals surface area (Å²) in [5, 5.41) is 9.42. The largest absolute Gasteiger partial charge is 0.328 e. The smallest absolute Gasteiger partial charge is 0.279 e. The average Bonchev–Trinajstić information content (AvgIpc) is 2.90. The van der Waals surface area contributed by atoms with Gasteiger partial charge in [-0.15, -0.1) is 0 Å². The van der Waals surface area contributed by atoms with Crippen molar-refractivity contribution in [2.75, 3.05) is 11.9 Å². The summed E-state index contributed by atoms with van der Waals surface area (Å²) < 4.78 is 1.78. The molecule has 3 N–H and O–H groups in total. The number of nitrogens with two attached hydrogens (primary N) is 1. The molecule has 3 rings (SSSR count). The standard InChI is InChI=1S/C21H24N4O/c1-15-20(16(2)25(3)24-15)23-19(26)14-22-21(17-10-6-4-7-11-17)18-12-8-5-9-13-18/h4-13,21-22H,14H2,1-3H3,(H,23,26)/p+1. The molecule has 0 atom stereocenters. The van der Waals surface area contributed by atoms with Gasteiger partial charge in [-0.3, -0.25) is 9.48 Å². The van der Waals surface area contributed by atoms with Gasteiger partial charge in [0.25, 0.3) is 5.91 Å². The van der Waals surface area contributed by atoms with Gasteiger partial charge < -0.3 is 10.6 Å². The molecule has 1 amide bonds. The minimum atomic E-state index is -0.0268. The van der Waals surface area contributed by atoms with Crippen LogP contribution in [0.15, 0.2) is 60.7 Å². The van der Waals surface area contributed by atoms with Gasteiger partial charge in [0.1, 0.15) is 6.04 Å². The molecule has 0 spiro atoms. The highest BCUT2D eigenvalue weighted by molar-refractivity contribution is 5.92. The van der Waals surface area contributed by atoms with Gasteiger partial charge in [0.2, 0.25) is 0 Å². The van der Waals surface area contributed by atoms with Crippen LogP contribution in [0.1, 0.15) is 28.6 Å². The Bertz CT molecular complexity index is 832. The molecule has 0 bridgehead atoms. The molecular formula is C21H25N4O+. The zero-order chi connectivity index (χ0) is 18.5. The topological polar surface area (TPSA) is 63.5 Å². The second-order valence-corrected chi connectivity index (χ2v) is 6.46. The Hall–Kier alpha value is -2.92. The molecule has 5 nitrogen and oxygen atoms in total. The fourth-order valence-electron chi connectivity index (χ4n) is 3.16. The quantitative estimate of drug-likeness (QED) is 0.717. The highest BCUT2D eigenvalue weighted by Gasteiger charge is 2.20. The number of nitrogens with one attached hydrogen (secondary N) is 1. The second-order valence-electron chi connectivity index (χ2n) is 6.46. The van der Waals surface area contributed by atoms with Crippen LogP contribution in [-0.4, -0.2) is 22.2 Å². The van der Waals surface area contributed by atoms with E-state index in [-0.39, 0.29) is 11.9 Å². The third-order valence-electron chi connectivity index (χ3n) is 4.63. The normalized spacial score (nSPS) is 10.9. The summed E-state index contributed by atoms with van der Waals surface area (Å²) in [7, 11) is 1.88. The zero-order valence-electron chi connectivity index (χ0n) is 15.4. The Labute approximate surface area is 154 Å². The zero-order valence-corrected chi connectivity index (χ0v) is 15.4. The Morgan fingerprint density at radius 2 is 1.58 bits per heavy atom. The lowest BCUT2D eigenvalue weighted by atomic mass is 9.99. The summed E-state index contributed by atoms with van der Waals surface area (Å²) in [6.45, 7) is 4.20. The first-order chi connectivity index (χ1) is 12.6. The van der Waals surface area contributed by atoms with Crippen LogP contribution in [0.5, 0.6) is 0 Å². The molecule has 0 unspecified atom stereocenters. The van der Waals surface area contributed by atoms with Crippen molar-refractivity contribution in [1.82, 2.24) is 9.78 Å². The van der Waals surface area contributed by atoms with Crippen molar-refractivity contribution >= 4 is 11.6 Å². The van der Waals surface area contributed by atoms with E-state index >= 15 is 0 Å². The molecular weight excluding hydrogens is 324 g/mol. The van der Waals surface area contributed by atoms with Crippen LogP contribution in [0.4, 0.5) is 5.69 Å². The monoisotopic (exact) mass is 349 g/mol. The van der Waals surface area contributed by atoms with E-state index in [1.54, 1.807) is 4.68 Å². The summed E-state index contributed by atoms with van der Waals surface area (Å²) in [5.41, 5.74) is 4.96. The van der Waals surface area contributed by atoms with Crippen molar-refractivity contribution < 1.29 is 10.1 Å². The van der Waals surface area contributed by atoms with Gasteiger partial charge in [-0.1, -0.05) is 60.7 Å². The number of aryl methyl sites for hydroxylation is 2. The van der Waals surface area contributed by atoms with Gasteiger partial charge >= 0.3 is 0 Å². The summed E-state index contributed by atoms with van der Waals surface area (Å²) in [4.78, 5) is 12.5. The molecule has 134 valence electrons. The SMILES string of the molecule is Cc1nn(C)c(C)c1NC(=O)C[NH2+]C(c1ccccc1)c1ccccc1. The van der Waals surface area contributed by atoms with E-state index < -0.39 is 0 Å². The number of nitrogens with zero attached hydrogens (tertiary/aromatic N) is 2. The maximum atomic E-state index is 12.5. The average molecular weight is 349 g/mol. The van der Waals surface area contributed by atoms with Crippen LogP contribution >= 0.6 is 0 Å². The van der Waals surface area contributed by atoms with Crippen molar-refractivity contribution in [3.05, 3.63) is 83.2 Å². The molecule has 0 saturated carbocycles. The van der Waals surface area contributed by atoms with Crippen molar-refractivity contribution in [3.63, 3.8) is 0 Å². The summed E-state index contributed by atoms with van der Waals surface area (Å²) >= 11 is 0. The number of hydrogen-bond acceptors (Lipinski definition) is 2. The molecule has 3 aromatic rings. The maximum Gasteiger partial charge on any atom is 0.279 e. The first kappa shape index (κ1) is 17.9. The van der Waals surface area contributed by atoms with Gasteiger partial charge in [0, 0.05) is 18.2 Å². The van der Waals surface area contributed by atoms with E-state index in [1.165, 1.54) is 11.1 Å². The van der Waals surface area contributed by atoms with Crippen LogP contribution in [0.25, 0.3) is 0 Å². The van der Waals surface area contributed by atoms with Crippen LogP contribution < -0.4 is 10.6 Å². The van der Waals surface area contributed by atoms with E-state index in [1.807, 2.05) is 57.3 Å². The third kappa shape index (κ3) is 4.00. The first-order valence-electron chi connectivity index (χ1n) is 8.79. The Morgan fingerprint density at radius 1 is 1.04 bits per heavy atom. The molecule has 2 aromatic carbocycles. The number of amides is 1. The molecule has 5 heteroatoms. The lowest BCUT2D eigenvalue weighted by Crippen LogP contribution is -2.87. The van der Waals surface area contributed by atoms with Gasteiger partial charge in [0.05, 0.1) is 17.1 Å². The number of carbonyl (C=O) groups is 1. The van der Waals surface area contributed by atoms with Gasteiger partial charge in [-0.2, -0.15) is 5.10 Å². The number of anilines is 1. The molecule has 0 fully saturated rings. The van der Waals surface area contributed by atoms with E-state index in [0.29, 0.717) is 6.54 Å².